The molecule has 1 atom stereocenters. The van der Waals surface area contributed by atoms with Crippen LogP contribution in [-0.4, -0.2) is 12.0 Å². The maximum atomic E-state index is 12.8. The molecule has 0 saturated heterocycles. The van der Waals surface area contributed by atoms with Crippen molar-refractivity contribution in [2.24, 2.45) is 11.7 Å². The fourth-order valence-corrected chi connectivity index (χ4v) is 3.77. The van der Waals surface area contributed by atoms with Gasteiger partial charge in [0.05, 0.1) is 0 Å². The van der Waals surface area contributed by atoms with Crippen LogP contribution in [0.4, 0.5) is 0 Å². The molecule has 2 rings (SSSR count). The zero-order valence-electron chi connectivity index (χ0n) is 21.7. The van der Waals surface area contributed by atoms with Gasteiger partial charge < -0.3 is 10.5 Å². The second-order valence-corrected chi connectivity index (χ2v) is 10.7. The summed E-state index contributed by atoms with van der Waals surface area (Å²) in [6.07, 6.45) is 0. The van der Waals surface area contributed by atoms with Crippen molar-refractivity contribution < 1.29 is 9.53 Å². The number of hydrogen-bond donors (Lipinski definition) is 1. The molecule has 0 heterocycles. The molecule has 0 aromatic heterocycles. The summed E-state index contributed by atoms with van der Waals surface area (Å²) < 4.78 is 5.97. The number of nitrogens with two attached hydrogens (primary N) is 1. The Morgan fingerprint density at radius 2 is 1.06 bits per heavy atom. The molecule has 2 aromatic rings. The fourth-order valence-electron chi connectivity index (χ4n) is 3.77. The van der Waals surface area contributed by atoms with Gasteiger partial charge in [-0.3, -0.25) is 0 Å². The summed E-state index contributed by atoms with van der Waals surface area (Å²) in [4.78, 5) is 12.8. The summed E-state index contributed by atoms with van der Waals surface area (Å²) >= 11 is 0. The minimum Gasteiger partial charge on any atom is -0.425 e. The highest BCUT2D eigenvalue weighted by atomic mass is 16.5. The van der Waals surface area contributed by atoms with Crippen LogP contribution in [0.25, 0.3) is 11.1 Å². The highest BCUT2D eigenvalue weighted by Gasteiger charge is 2.25. The summed E-state index contributed by atoms with van der Waals surface area (Å²) in [5, 5.41) is 0. The molecule has 0 amide bonds. The Labute approximate surface area is 195 Å². The van der Waals surface area contributed by atoms with Crippen molar-refractivity contribution in [2.45, 2.75) is 99.0 Å². The van der Waals surface area contributed by atoms with E-state index in [1.807, 2.05) is 13.8 Å². The van der Waals surface area contributed by atoms with Gasteiger partial charge in [0, 0.05) is 0 Å². The first-order valence-corrected chi connectivity index (χ1v) is 12.1. The number of benzene rings is 2. The van der Waals surface area contributed by atoms with Gasteiger partial charge in [-0.25, -0.2) is 4.79 Å². The number of carbonyl (C=O) groups is 1. The van der Waals surface area contributed by atoms with Gasteiger partial charge >= 0.3 is 5.97 Å². The van der Waals surface area contributed by atoms with E-state index in [1.165, 1.54) is 22.3 Å². The Balaban J connectivity index is 2.71. The third kappa shape index (κ3) is 6.01. The smallest absolute Gasteiger partial charge is 0.328 e. The normalized spacial score (nSPS) is 13.0. The summed E-state index contributed by atoms with van der Waals surface area (Å²) in [7, 11) is 0. The van der Waals surface area contributed by atoms with Crippen molar-refractivity contribution in [3.05, 3.63) is 52.6 Å². The SMILES string of the molecule is CC(C)c1cc(-c2cc(C(C)C)c(OC(=O)C(N)C(C)C)c(C(C)C)c2)cc(C(C)C)c1. The highest BCUT2D eigenvalue weighted by molar-refractivity contribution is 5.80. The van der Waals surface area contributed by atoms with E-state index < -0.39 is 6.04 Å². The first-order chi connectivity index (χ1) is 14.8. The van der Waals surface area contributed by atoms with Crippen LogP contribution in [0.5, 0.6) is 5.75 Å². The van der Waals surface area contributed by atoms with E-state index in [-0.39, 0.29) is 23.7 Å². The molecule has 0 aliphatic carbocycles. The quantitative estimate of drug-likeness (QED) is 0.339. The Bertz CT molecular complexity index is 883. The second-order valence-electron chi connectivity index (χ2n) is 10.7. The molecule has 3 nitrogen and oxygen atoms in total. The van der Waals surface area contributed by atoms with Crippen LogP contribution in [0.2, 0.25) is 0 Å². The van der Waals surface area contributed by atoms with Gasteiger partial charge in [0.1, 0.15) is 11.8 Å². The molecule has 0 aliphatic rings. The minimum atomic E-state index is -0.633. The van der Waals surface area contributed by atoms with Crippen molar-refractivity contribution >= 4 is 5.97 Å². The van der Waals surface area contributed by atoms with Gasteiger partial charge in [-0.1, -0.05) is 87.4 Å². The monoisotopic (exact) mass is 437 g/mol. The van der Waals surface area contributed by atoms with Crippen molar-refractivity contribution in [2.75, 3.05) is 0 Å². The third-order valence-electron chi connectivity index (χ3n) is 6.23. The lowest BCUT2D eigenvalue weighted by atomic mass is 9.86. The standard InChI is InChI=1S/C29H43NO2/c1-16(2)21-11-22(17(3)4)13-23(12-21)24-14-25(18(5)6)28(26(15-24)19(7)8)32-29(31)27(30)20(9)10/h11-20,27H,30H2,1-10H3. The van der Waals surface area contributed by atoms with Crippen LogP contribution >= 0.6 is 0 Å². The van der Waals surface area contributed by atoms with Gasteiger partial charge in [-0.05, 0) is 75.1 Å². The van der Waals surface area contributed by atoms with Gasteiger partial charge in [0.15, 0.2) is 0 Å². The highest BCUT2D eigenvalue weighted by Crippen LogP contribution is 2.40. The summed E-state index contributed by atoms with van der Waals surface area (Å²) in [6.45, 7) is 21.4. The van der Waals surface area contributed by atoms with E-state index in [2.05, 4.69) is 85.7 Å². The molecule has 2 aromatic carbocycles. The predicted octanol–water partition coefficient (Wildman–Crippen LogP) is 7.74. The third-order valence-corrected chi connectivity index (χ3v) is 6.23. The average Bonchev–Trinajstić information content (AvgIpc) is 2.72. The van der Waals surface area contributed by atoms with Gasteiger partial charge in [-0.2, -0.15) is 0 Å². The number of rotatable bonds is 8. The van der Waals surface area contributed by atoms with E-state index >= 15 is 0 Å². The van der Waals surface area contributed by atoms with Gasteiger partial charge in [0.2, 0.25) is 0 Å². The largest absolute Gasteiger partial charge is 0.425 e. The van der Waals surface area contributed by atoms with Crippen molar-refractivity contribution in [1.82, 2.24) is 0 Å². The van der Waals surface area contributed by atoms with Crippen LogP contribution in [0.1, 0.15) is 115 Å². The van der Waals surface area contributed by atoms with Gasteiger partial charge in [-0.15, -0.1) is 0 Å². The molecule has 0 fully saturated rings. The topological polar surface area (TPSA) is 52.3 Å². The van der Waals surface area contributed by atoms with E-state index in [1.54, 1.807) is 0 Å². The molecule has 176 valence electrons. The molecule has 1 unspecified atom stereocenters. The zero-order valence-corrected chi connectivity index (χ0v) is 21.7. The summed E-state index contributed by atoms with van der Waals surface area (Å²) in [6, 6.07) is 10.7. The second kappa shape index (κ2) is 10.7. The lowest BCUT2D eigenvalue weighted by Gasteiger charge is -2.23. The predicted molar refractivity (Wildman–Crippen MR) is 137 cm³/mol. The average molecular weight is 438 g/mol. The zero-order chi connectivity index (χ0) is 24.3. The molecular weight excluding hydrogens is 394 g/mol. The van der Waals surface area contributed by atoms with Crippen molar-refractivity contribution in [3.8, 4) is 16.9 Å². The molecule has 2 N–H and O–H groups in total. The Hall–Kier alpha value is -2.13. The van der Waals surface area contributed by atoms with Crippen LogP contribution in [0.15, 0.2) is 30.3 Å². The molecule has 3 heteroatoms. The molecule has 0 spiro atoms. The fraction of sp³-hybridized carbons (Fsp3) is 0.552. The first-order valence-electron chi connectivity index (χ1n) is 12.1. The maximum Gasteiger partial charge on any atom is 0.328 e. The number of hydrogen-bond acceptors (Lipinski definition) is 3. The van der Waals surface area contributed by atoms with E-state index in [0.717, 1.165) is 11.1 Å². The number of esters is 1. The first kappa shape index (κ1) is 26.1. The molecule has 0 bridgehead atoms. The molecule has 0 saturated carbocycles. The Morgan fingerprint density at radius 1 is 0.656 bits per heavy atom. The van der Waals surface area contributed by atoms with Crippen LogP contribution < -0.4 is 10.5 Å². The Morgan fingerprint density at radius 3 is 1.41 bits per heavy atom. The summed E-state index contributed by atoms with van der Waals surface area (Å²) in [5.74, 6) is 1.69. The van der Waals surface area contributed by atoms with Crippen molar-refractivity contribution in [3.63, 3.8) is 0 Å². The maximum absolute atomic E-state index is 12.8. The minimum absolute atomic E-state index is 0.0278. The molecule has 0 radical (unpaired) electrons. The van der Waals surface area contributed by atoms with Crippen LogP contribution in [0.3, 0.4) is 0 Å². The molecule has 32 heavy (non-hydrogen) atoms. The molecular formula is C29H43NO2. The lowest BCUT2D eigenvalue weighted by molar-refractivity contribution is -0.136. The van der Waals surface area contributed by atoms with E-state index in [9.17, 15) is 4.79 Å². The number of carbonyl (C=O) groups excluding carboxylic acids is 1. The van der Waals surface area contributed by atoms with E-state index in [4.69, 9.17) is 10.5 Å². The Kier molecular flexibility index (Phi) is 8.70. The van der Waals surface area contributed by atoms with E-state index in [0.29, 0.717) is 17.6 Å². The molecule has 0 aliphatic heterocycles. The van der Waals surface area contributed by atoms with Crippen LogP contribution in [-0.2, 0) is 4.79 Å². The lowest BCUT2D eigenvalue weighted by Crippen LogP contribution is -2.39. The van der Waals surface area contributed by atoms with Crippen molar-refractivity contribution in [1.29, 1.82) is 0 Å². The van der Waals surface area contributed by atoms with Crippen LogP contribution in [0, 0.1) is 5.92 Å². The number of ether oxygens (including phenoxy) is 1. The summed E-state index contributed by atoms with van der Waals surface area (Å²) in [5.41, 5.74) is 13.3. The van der Waals surface area contributed by atoms with Gasteiger partial charge in [0.25, 0.3) is 0 Å².